The number of esters is 4. The third-order valence-corrected chi connectivity index (χ3v) is 22.4. The Labute approximate surface area is 651 Å². The minimum Gasteiger partial charge on any atom is -0.462 e. The standard InChI is InChI=1S/C87H170O17P2/c1-7-9-11-13-15-17-19-21-22-23-24-25-26-27-28-35-41-47-53-59-65-71-86(91)103-83(76-98-85(90)70-64-58-52-46-40-34-30-29-32-37-43-49-55-61-67-79(3)4)78-102-106(95,96)100-74-81(88)73-99-105(93,94)101-77-82(75-97-84(89)69-63-57-51-45-39-20-18-16-14-12-10-8-2)104-87(92)72-66-60-54-48-42-36-31-33-38-44-50-56-62-68-80(5)6/h79-83,88H,7-78H2,1-6H3,(H,93,94)(H,95,96)/t81-,82+,83+/m0/s1. The third kappa shape index (κ3) is 80.1. The van der Waals surface area contributed by atoms with Crippen molar-refractivity contribution in [2.24, 2.45) is 11.8 Å². The van der Waals surface area contributed by atoms with Crippen molar-refractivity contribution in [3.05, 3.63) is 0 Å². The highest BCUT2D eigenvalue weighted by atomic mass is 31.2. The van der Waals surface area contributed by atoms with Crippen molar-refractivity contribution in [3.8, 4) is 0 Å². The van der Waals surface area contributed by atoms with E-state index in [9.17, 15) is 43.2 Å². The molecule has 106 heavy (non-hydrogen) atoms. The topological polar surface area (TPSA) is 237 Å². The molecule has 3 N–H and O–H groups in total. The fourth-order valence-corrected chi connectivity index (χ4v) is 15.2. The molecular weight excluding hydrogens is 1380 g/mol. The van der Waals surface area contributed by atoms with Gasteiger partial charge in [-0.2, -0.15) is 0 Å². The lowest BCUT2D eigenvalue weighted by atomic mass is 10.0. The molecule has 0 aromatic rings. The molecule has 0 heterocycles. The fraction of sp³-hybridized carbons (Fsp3) is 0.954. The van der Waals surface area contributed by atoms with Crippen LogP contribution in [0.5, 0.6) is 0 Å². The molecule has 0 radical (unpaired) electrons. The average Bonchev–Trinajstić information content (AvgIpc) is 0.899. The summed E-state index contributed by atoms with van der Waals surface area (Å²) in [6.45, 7) is 9.72. The van der Waals surface area contributed by atoms with Gasteiger partial charge in [0.1, 0.15) is 19.3 Å². The van der Waals surface area contributed by atoms with Gasteiger partial charge in [-0.25, -0.2) is 9.13 Å². The molecule has 0 rings (SSSR count). The Bertz CT molecular complexity index is 2030. The molecule has 0 spiro atoms. The highest BCUT2D eigenvalue weighted by molar-refractivity contribution is 7.47. The first-order valence-corrected chi connectivity index (χ1v) is 48.0. The van der Waals surface area contributed by atoms with Crippen LogP contribution >= 0.6 is 15.6 Å². The minimum absolute atomic E-state index is 0.108. The molecular formula is C87H170O17P2. The van der Waals surface area contributed by atoms with Crippen molar-refractivity contribution in [2.75, 3.05) is 39.6 Å². The molecule has 0 aliphatic rings. The van der Waals surface area contributed by atoms with Crippen molar-refractivity contribution in [3.63, 3.8) is 0 Å². The molecule has 0 aliphatic carbocycles. The Balaban J connectivity index is 5.25. The van der Waals surface area contributed by atoms with Crippen LogP contribution in [0.25, 0.3) is 0 Å². The first-order chi connectivity index (χ1) is 51.4. The largest absolute Gasteiger partial charge is 0.472 e. The molecule has 0 bridgehead atoms. The van der Waals surface area contributed by atoms with Gasteiger partial charge in [0, 0.05) is 25.7 Å². The second-order valence-electron chi connectivity index (χ2n) is 32.2. The van der Waals surface area contributed by atoms with E-state index in [0.29, 0.717) is 25.7 Å². The van der Waals surface area contributed by atoms with E-state index < -0.39 is 97.5 Å². The van der Waals surface area contributed by atoms with Gasteiger partial charge in [-0.15, -0.1) is 0 Å². The van der Waals surface area contributed by atoms with Gasteiger partial charge >= 0.3 is 39.5 Å². The summed E-state index contributed by atoms with van der Waals surface area (Å²) in [6.07, 6.45) is 70.7. The first kappa shape index (κ1) is 104. The number of phosphoric acid groups is 2. The molecule has 0 fully saturated rings. The molecule has 630 valence electrons. The Morgan fingerprint density at radius 2 is 0.434 bits per heavy atom. The monoisotopic (exact) mass is 1550 g/mol. The maximum absolute atomic E-state index is 13.2. The van der Waals surface area contributed by atoms with Crippen molar-refractivity contribution in [2.45, 2.75) is 484 Å². The van der Waals surface area contributed by atoms with Gasteiger partial charge in [-0.1, -0.05) is 414 Å². The van der Waals surface area contributed by atoms with Crippen LogP contribution in [0.1, 0.15) is 465 Å². The summed E-state index contributed by atoms with van der Waals surface area (Å²) in [5.41, 5.74) is 0. The number of carbonyl (C=O) groups is 4. The highest BCUT2D eigenvalue weighted by Gasteiger charge is 2.30. The third-order valence-electron chi connectivity index (χ3n) is 20.5. The summed E-state index contributed by atoms with van der Waals surface area (Å²) in [6, 6.07) is 0. The Morgan fingerprint density at radius 3 is 0.642 bits per heavy atom. The van der Waals surface area contributed by atoms with E-state index in [-0.39, 0.29) is 25.7 Å². The van der Waals surface area contributed by atoms with Gasteiger partial charge in [-0.3, -0.25) is 37.3 Å². The number of hydrogen-bond acceptors (Lipinski definition) is 15. The second kappa shape index (κ2) is 78.3. The van der Waals surface area contributed by atoms with Crippen LogP contribution < -0.4 is 0 Å². The molecule has 17 nitrogen and oxygen atoms in total. The van der Waals surface area contributed by atoms with Crippen LogP contribution in [0.15, 0.2) is 0 Å². The van der Waals surface area contributed by atoms with E-state index in [0.717, 1.165) is 102 Å². The summed E-state index contributed by atoms with van der Waals surface area (Å²) in [5.74, 6) is -0.514. The molecule has 5 atom stereocenters. The fourth-order valence-electron chi connectivity index (χ4n) is 13.6. The quantitative estimate of drug-likeness (QED) is 0.0222. The number of hydrogen-bond donors (Lipinski definition) is 3. The smallest absolute Gasteiger partial charge is 0.462 e. The second-order valence-corrected chi connectivity index (χ2v) is 35.1. The lowest BCUT2D eigenvalue weighted by Gasteiger charge is -2.21. The molecule has 0 aromatic heterocycles. The minimum atomic E-state index is -4.97. The molecule has 0 amide bonds. The number of aliphatic hydroxyl groups is 1. The van der Waals surface area contributed by atoms with Crippen LogP contribution in [-0.4, -0.2) is 96.7 Å². The molecule has 0 saturated heterocycles. The average molecular weight is 1550 g/mol. The Kier molecular flexibility index (Phi) is 76.9. The Morgan fingerprint density at radius 1 is 0.255 bits per heavy atom. The van der Waals surface area contributed by atoms with Crippen molar-refractivity contribution in [1.82, 2.24) is 0 Å². The highest BCUT2D eigenvalue weighted by Crippen LogP contribution is 2.45. The maximum Gasteiger partial charge on any atom is 0.472 e. The number of phosphoric ester groups is 2. The predicted octanol–water partition coefficient (Wildman–Crippen LogP) is 26.6. The van der Waals surface area contributed by atoms with Crippen LogP contribution in [0.2, 0.25) is 0 Å². The van der Waals surface area contributed by atoms with Gasteiger partial charge in [-0.05, 0) is 37.5 Å². The van der Waals surface area contributed by atoms with Gasteiger partial charge in [0.15, 0.2) is 12.2 Å². The van der Waals surface area contributed by atoms with Crippen LogP contribution in [0.4, 0.5) is 0 Å². The van der Waals surface area contributed by atoms with Crippen LogP contribution in [-0.2, 0) is 65.4 Å². The number of carbonyl (C=O) groups excluding carboxylic acids is 4. The van der Waals surface area contributed by atoms with Gasteiger partial charge in [0.2, 0.25) is 0 Å². The number of aliphatic hydroxyl groups excluding tert-OH is 1. The zero-order chi connectivity index (χ0) is 77.8. The normalized spacial score (nSPS) is 13.8. The summed E-state index contributed by atoms with van der Waals surface area (Å²) < 4.78 is 69.0. The summed E-state index contributed by atoms with van der Waals surface area (Å²) in [7, 11) is -9.93. The SMILES string of the molecule is CCCCCCCCCCCCCCCCCCCCCCCC(=O)O[C@H](COC(=O)CCCCCCCCCCCCCCCCC(C)C)COP(=O)(O)OC[C@@H](O)COP(=O)(O)OC[C@@H](COC(=O)CCCCCCCCCCCCCC)OC(=O)CCCCCCCCCCCCCCCC(C)C. The lowest BCUT2D eigenvalue weighted by Crippen LogP contribution is -2.30. The van der Waals surface area contributed by atoms with Crippen molar-refractivity contribution >= 4 is 39.5 Å². The van der Waals surface area contributed by atoms with E-state index in [4.69, 9.17) is 37.0 Å². The Hall–Kier alpha value is -1.94. The van der Waals surface area contributed by atoms with Crippen molar-refractivity contribution < 1.29 is 80.2 Å². The van der Waals surface area contributed by atoms with Crippen LogP contribution in [0.3, 0.4) is 0 Å². The number of ether oxygens (including phenoxy) is 4. The molecule has 0 aromatic carbocycles. The molecule has 0 saturated carbocycles. The van der Waals surface area contributed by atoms with E-state index in [2.05, 4.69) is 41.5 Å². The first-order valence-electron chi connectivity index (χ1n) is 45.0. The molecule has 19 heteroatoms. The summed E-state index contributed by atoms with van der Waals surface area (Å²) >= 11 is 0. The zero-order valence-electron chi connectivity index (χ0n) is 69.7. The molecule has 0 aliphatic heterocycles. The van der Waals surface area contributed by atoms with Crippen LogP contribution in [0, 0.1) is 11.8 Å². The summed E-state index contributed by atoms with van der Waals surface area (Å²) in [5, 5.41) is 10.7. The van der Waals surface area contributed by atoms with Gasteiger partial charge in [0.25, 0.3) is 0 Å². The summed E-state index contributed by atoms with van der Waals surface area (Å²) in [4.78, 5) is 73.3. The van der Waals surface area contributed by atoms with E-state index in [1.165, 1.54) is 283 Å². The van der Waals surface area contributed by atoms with E-state index >= 15 is 0 Å². The number of rotatable bonds is 86. The zero-order valence-corrected chi connectivity index (χ0v) is 71.5. The lowest BCUT2D eigenvalue weighted by molar-refractivity contribution is -0.161. The van der Waals surface area contributed by atoms with Crippen molar-refractivity contribution in [1.29, 1.82) is 0 Å². The van der Waals surface area contributed by atoms with E-state index in [1.54, 1.807) is 0 Å². The number of unbranched alkanes of at least 4 members (excludes halogenated alkanes) is 56. The van der Waals surface area contributed by atoms with E-state index in [1.807, 2.05) is 0 Å². The van der Waals surface area contributed by atoms with Gasteiger partial charge in [0.05, 0.1) is 26.4 Å². The maximum atomic E-state index is 13.2. The predicted molar refractivity (Wildman–Crippen MR) is 437 cm³/mol. The molecule has 2 unspecified atom stereocenters. The van der Waals surface area contributed by atoms with Gasteiger partial charge < -0.3 is 33.8 Å².